The molecule has 0 aromatic rings. The van der Waals surface area contributed by atoms with Crippen LogP contribution in [-0.2, 0) is 0 Å². The number of hydrogen-bond donors (Lipinski definition) is 0. The molecule has 10 heavy (non-hydrogen) atoms. The molecule has 0 amide bonds. The van der Waals surface area contributed by atoms with E-state index in [0.717, 1.165) is 0 Å². The van der Waals surface area contributed by atoms with E-state index < -0.39 is 8.67 Å². The molecular weight excluding hydrogens is 214 g/mol. The number of rotatable bonds is 1. The van der Waals surface area contributed by atoms with E-state index in [9.17, 15) is 0 Å². The van der Waals surface area contributed by atoms with Gasteiger partial charge in [0, 0.05) is 5.92 Å². The maximum Gasteiger partial charge on any atom is 0.157 e. The van der Waals surface area contributed by atoms with E-state index >= 15 is 0 Å². The Hall–Kier alpha value is 1.16. The summed E-state index contributed by atoms with van der Waals surface area (Å²) in [6.07, 6.45) is 0. The molecule has 0 bridgehead atoms. The third kappa shape index (κ3) is 1.04. The van der Waals surface area contributed by atoms with Gasteiger partial charge in [-0.15, -0.1) is 0 Å². The second kappa shape index (κ2) is 2.32. The van der Waals surface area contributed by atoms with Crippen molar-refractivity contribution < 1.29 is 0 Å². The zero-order valence-electron chi connectivity index (χ0n) is 5.67. The van der Waals surface area contributed by atoms with Gasteiger partial charge < -0.3 is 0 Å². The summed E-state index contributed by atoms with van der Waals surface area (Å²) in [6, 6.07) is 0. The van der Waals surface area contributed by atoms with E-state index in [0.29, 0.717) is 5.92 Å². The van der Waals surface area contributed by atoms with Crippen molar-refractivity contribution in [1.29, 1.82) is 0 Å². The SMILES string of the molecule is CC(C)C1C(Cl)(Cl)C1(Cl)Cl. The summed E-state index contributed by atoms with van der Waals surface area (Å²) in [5.41, 5.74) is 0. The Morgan fingerprint density at radius 2 is 1.30 bits per heavy atom. The van der Waals surface area contributed by atoms with E-state index in [-0.39, 0.29) is 5.92 Å². The average molecular weight is 222 g/mol. The monoisotopic (exact) mass is 220 g/mol. The maximum absolute atomic E-state index is 5.80. The van der Waals surface area contributed by atoms with Crippen LogP contribution < -0.4 is 0 Å². The van der Waals surface area contributed by atoms with Gasteiger partial charge in [-0.3, -0.25) is 0 Å². The lowest BCUT2D eigenvalue weighted by atomic mass is 10.1. The molecule has 0 saturated heterocycles. The van der Waals surface area contributed by atoms with Gasteiger partial charge in [0.2, 0.25) is 0 Å². The lowest BCUT2D eigenvalue weighted by Gasteiger charge is -2.00. The summed E-state index contributed by atoms with van der Waals surface area (Å²) in [7, 11) is 0. The average Bonchev–Trinajstić information content (AvgIpc) is 1.97. The van der Waals surface area contributed by atoms with Crippen LogP contribution in [0.15, 0.2) is 0 Å². The van der Waals surface area contributed by atoms with E-state index in [1.165, 1.54) is 0 Å². The molecular formula is C6H8Cl4. The van der Waals surface area contributed by atoms with Crippen LogP contribution in [0.5, 0.6) is 0 Å². The van der Waals surface area contributed by atoms with Crippen LogP contribution in [0.25, 0.3) is 0 Å². The highest BCUT2D eigenvalue weighted by atomic mass is 35.5. The summed E-state index contributed by atoms with van der Waals surface area (Å²) >= 11 is 23.2. The largest absolute Gasteiger partial charge is 0.157 e. The van der Waals surface area contributed by atoms with Crippen LogP contribution in [0, 0.1) is 11.8 Å². The van der Waals surface area contributed by atoms with E-state index in [4.69, 9.17) is 46.4 Å². The highest BCUT2D eigenvalue weighted by Crippen LogP contribution is 2.71. The maximum atomic E-state index is 5.80. The number of halogens is 4. The Balaban J connectivity index is 2.72. The summed E-state index contributed by atoms with van der Waals surface area (Å²) in [6.45, 7) is 3.99. The second-order valence-corrected chi connectivity index (χ2v) is 5.74. The van der Waals surface area contributed by atoms with Crippen molar-refractivity contribution in [2.24, 2.45) is 11.8 Å². The molecule has 0 aromatic heterocycles. The zero-order valence-corrected chi connectivity index (χ0v) is 8.69. The first-order valence-electron chi connectivity index (χ1n) is 3.07. The van der Waals surface area contributed by atoms with Gasteiger partial charge in [0.05, 0.1) is 0 Å². The van der Waals surface area contributed by atoms with Crippen LogP contribution >= 0.6 is 46.4 Å². The molecule has 4 heteroatoms. The van der Waals surface area contributed by atoms with Gasteiger partial charge in [0.15, 0.2) is 8.67 Å². The summed E-state index contributed by atoms with van der Waals surface area (Å²) in [5.74, 6) is 0.316. The molecule has 1 aliphatic carbocycles. The van der Waals surface area contributed by atoms with Crippen LogP contribution in [0.3, 0.4) is 0 Å². The molecule has 0 radical (unpaired) electrons. The van der Waals surface area contributed by atoms with Crippen molar-refractivity contribution in [2.45, 2.75) is 22.5 Å². The summed E-state index contributed by atoms with van der Waals surface area (Å²) < 4.78 is -1.88. The third-order valence-electron chi connectivity index (χ3n) is 1.81. The fourth-order valence-electron chi connectivity index (χ4n) is 1.20. The Bertz CT molecular complexity index is 136. The lowest BCUT2D eigenvalue weighted by Crippen LogP contribution is -1.97. The Morgan fingerprint density at radius 1 is 1.00 bits per heavy atom. The van der Waals surface area contributed by atoms with E-state index in [2.05, 4.69) is 0 Å². The fourth-order valence-corrected chi connectivity index (χ4v) is 3.34. The number of hydrogen-bond acceptors (Lipinski definition) is 0. The standard InChI is InChI=1S/C6H8Cl4/c1-3(2)4-5(7,8)6(4,9)10/h3-4H,1-2H3. The Labute approximate surface area is 80.8 Å². The second-order valence-electron chi connectivity index (χ2n) is 2.97. The predicted molar refractivity (Wildman–Crippen MR) is 47.2 cm³/mol. The highest BCUT2D eigenvalue weighted by Gasteiger charge is 2.76. The molecule has 0 spiro atoms. The zero-order chi connectivity index (χ0) is 8.15. The molecule has 0 nitrogen and oxygen atoms in total. The van der Waals surface area contributed by atoms with Crippen molar-refractivity contribution in [3.8, 4) is 0 Å². The molecule has 60 valence electrons. The molecule has 0 atom stereocenters. The molecule has 0 heterocycles. The molecule has 0 unspecified atom stereocenters. The molecule has 1 fully saturated rings. The normalized spacial score (nSPS) is 29.1. The van der Waals surface area contributed by atoms with Crippen LogP contribution in [-0.4, -0.2) is 8.67 Å². The van der Waals surface area contributed by atoms with Crippen molar-refractivity contribution >= 4 is 46.4 Å². The molecule has 0 N–H and O–H groups in total. The predicted octanol–water partition coefficient (Wildman–Crippen LogP) is 3.62. The third-order valence-corrected chi connectivity index (χ3v) is 4.33. The van der Waals surface area contributed by atoms with Gasteiger partial charge in [-0.1, -0.05) is 60.3 Å². The van der Waals surface area contributed by atoms with Crippen molar-refractivity contribution in [1.82, 2.24) is 0 Å². The lowest BCUT2D eigenvalue weighted by molar-refractivity contribution is 0.553. The van der Waals surface area contributed by atoms with Gasteiger partial charge in [-0.2, -0.15) is 0 Å². The first kappa shape index (κ1) is 9.25. The van der Waals surface area contributed by atoms with Gasteiger partial charge in [-0.05, 0) is 5.92 Å². The van der Waals surface area contributed by atoms with E-state index in [1.807, 2.05) is 13.8 Å². The summed E-state index contributed by atoms with van der Waals surface area (Å²) in [5, 5.41) is 0. The first-order valence-corrected chi connectivity index (χ1v) is 4.58. The minimum absolute atomic E-state index is 0.00772. The minimum atomic E-state index is -0.940. The molecule has 1 rings (SSSR count). The smallest absolute Gasteiger partial charge is 0.0978 e. The molecule has 0 aromatic carbocycles. The molecule has 1 aliphatic rings. The first-order chi connectivity index (χ1) is 4.32. The topological polar surface area (TPSA) is 0 Å². The van der Waals surface area contributed by atoms with Gasteiger partial charge in [0.25, 0.3) is 0 Å². The molecule has 0 aliphatic heterocycles. The van der Waals surface area contributed by atoms with Crippen molar-refractivity contribution in [2.75, 3.05) is 0 Å². The quantitative estimate of drug-likeness (QED) is 0.594. The van der Waals surface area contributed by atoms with Gasteiger partial charge in [0.1, 0.15) is 0 Å². The Morgan fingerprint density at radius 3 is 1.30 bits per heavy atom. The highest BCUT2D eigenvalue weighted by molar-refractivity contribution is 6.68. The van der Waals surface area contributed by atoms with Crippen LogP contribution in [0.2, 0.25) is 0 Å². The van der Waals surface area contributed by atoms with Gasteiger partial charge >= 0.3 is 0 Å². The summed E-state index contributed by atoms with van der Waals surface area (Å²) in [4.78, 5) is 0. The number of alkyl halides is 4. The van der Waals surface area contributed by atoms with Crippen LogP contribution in [0.1, 0.15) is 13.8 Å². The minimum Gasteiger partial charge on any atom is -0.0978 e. The Kier molecular flexibility index (Phi) is 2.15. The van der Waals surface area contributed by atoms with E-state index in [1.54, 1.807) is 0 Å². The molecule has 1 saturated carbocycles. The van der Waals surface area contributed by atoms with Crippen LogP contribution in [0.4, 0.5) is 0 Å². The fraction of sp³-hybridized carbons (Fsp3) is 1.00. The van der Waals surface area contributed by atoms with Crippen molar-refractivity contribution in [3.63, 3.8) is 0 Å². The van der Waals surface area contributed by atoms with Gasteiger partial charge in [-0.25, -0.2) is 0 Å². The van der Waals surface area contributed by atoms with Crippen molar-refractivity contribution in [3.05, 3.63) is 0 Å².